The molecule has 0 aliphatic carbocycles. The number of hydrogen-bond donors (Lipinski definition) is 1. The van der Waals surface area contributed by atoms with Gasteiger partial charge in [0.05, 0.1) is 13.2 Å². The fraction of sp³-hybridized carbons (Fsp3) is 0.667. The number of amides is 1. The molecular formula is C21H39ClN2O2Pb. The Hall–Kier alpha value is -0.338. The summed E-state index contributed by atoms with van der Waals surface area (Å²) in [4.78, 5) is 13.6. The van der Waals surface area contributed by atoms with Gasteiger partial charge in [-0.2, -0.15) is 0 Å². The van der Waals surface area contributed by atoms with E-state index in [0.29, 0.717) is 5.02 Å². The summed E-state index contributed by atoms with van der Waals surface area (Å²) < 4.78 is 7.97. The van der Waals surface area contributed by atoms with Crippen molar-refractivity contribution in [1.29, 1.82) is 0 Å². The van der Waals surface area contributed by atoms with Crippen molar-refractivity contribution in [3.8, 4) is 0 Å². The number of likely N-dealkylation sites (tertiary alicyclic amines) is 1. The first-order valence-corrected chi connectivity index (χ1v) is 16.5. The van der Waals surface area contributed by atoms with Gasteiger partial charge in [-0.25, -0.2) is 4.79 Å². The summed E-state index contributed by atoms with van der Waals surface area (Å²) in [7, 11) is 1.33. The van der Waals surface area contributed by atoms with Crippen LogP contribution < -0.4 is 5.32 Å². The number of halogens is 1. The van der Waals surface area contributed by atoms with Gasteiger partial charge in [-0.05, 0) is 18.6 Å². The molecule has 0 saturated carbocycles. The molecule has 0 bridgehead atoms. The topological polar surface area (TPSA) is 41.6 Å². The molecule has 6 heteroatoms. The summed E-state index contributed by atoms with van der Waals surface area (Å²) in [6, 6.07) is 7.21. The van der Waals surface area contributed by atoms with Crippen molar-refractivity contribution in [1.82, 2.24) is 10.2 Å². The number of ether oxygens (including phenoxy) is 1. The van der Waals surface area contributed by atoms with Crippen molar-refractivity contribution in [2.75, 3.05) is 20.2 Å². The number of carbonyl (C=O) groups is 1. The monoisotopic (exact) mass is 594 g/mol. The van der Waals surface area contributed by atoms with Crippen molar-refractivity contribution in [2.24, 2.45) is 0 Å². The van der Waals surface area contributed by atoms with Gasteiger partial charge in [0.15, 0.2) is 0 Å². The van der Waals surface area contributed by atoms with Crippen LogP contribution in [0.4, 0.5) is 4.79 Å². The molecule has 27 heavy (non-hydrogen) atoms. The fourth-order valence-corrected chi connectivity index (χ4v) is 5.17. The van der Waals surface area contributed by atoms with Crippen LogP contribution >= 0.6 is 11.6 Å². The van der Waals surface area contributed by atoms with Gasteiger partial charge < -0.3 is 10.1 Å². The Morgan fingerprint density at radius 2 is 1.67 bits per heavy atom. The first-order valence-electron chi connectivity index (χ1n) is 9.99. The number of nitrogens with zero attached hydrogens (tertiary/aromatic N) is 1. The predicted octanol–water partition coefficient (Wildman–Crippen LogP) is 5.99. The zero-order chi connectivity index (χ0) is 21.2. The molecule has 2 rings (SSSR count). The van der Waals surface area contributed by atoms with Gasteiger partial charge in [0, 0.05) is 5.02 Å². The number of benzene rings is 1. The van der Waals surface area contributed by atoms with Crippen LogP contribution in [0.1, 0.15) is 66.0 Å². The molecule has 4 nitrogen and oxygen atoms in total. The average molecular weight is 594 g/mol. The predicted molar refractivity (Wildman–Crippen MR) is 120 cm³/mol. The first-order chi connectivity index (χ1) is 13.0. The minimum atomic E-state index is -0.461. The maximum absolute atomic E-state index is 10.9. The standard InChI is InChI=1S/C10H12ClNO2.C6H12N.2C2H6.CH3.Pb/c1-7(12-10(13)14-2)8-5-3-4-6-9(8)11;1-2-7-5-3-4-6-7;2*1-2;;/h3-7H,1-2H3,(H,12,13);2H,3-6H2,1H3;2*1-2H3;1H3;. The van der Waals surface area contributed by atoms with E-state index in [9.17, 15) is 4.79 Å². The Bertz CT molecular complexity index is 483. The van der Waals surface area contributed by atoms with E-state index in [1.807, 2.05) is 52.8 Å². The van der Waals surface area contributed by atoms with Crippen LogP contribution in [0.2, 0.25) is 9.51 Å². The van der Waals surface area contributed by atoms with E-state index in [2.05, 4.69) is 26.4 Å². The van der Waals surface area contributed by atoms with Gasteiger partial charge in [-0.1, -0.05) is 57.5 Å². The third kappa shape index (κ3) is 12.7. The summed E-state index contributed by atoms with van der Waals surface area (Å²) in [6.45, 7) is 15.0. The molecule has 156 valence electrons. The van der Waals surface area contributed by atoms with Gasteiger partial charge in [0.2, 0.25) is 0 Å². The first kappa shape index (κ1) is 28.9. The second kappa shape index (κ2) is 19.0. The van der Waals surface area contributed by atoms with E-state index in [4.69, 9.17) is 11.6 Å². The molecule has 1 fully saturated rings. The summed E-state index contributed by atoms with van der Waals surface area (Å²) >= 11 is 5.76. The number of methoxy groups -OCH3 is 1. The van der Waals surface area contributed by atoms with E-state index >= 15 is 0 Å². The average Bonchev–Trinajstić information content (AvgIpc) is 3.26. The van der Waals surface area contributed by atoms with Crippen molar-refractivity contribution in [3.63, 3.8) is 0 Å². The molecule has 2 radical (unpaired) electrons. The zero-order valence-corrected chi connectivity index (χ0v) is 23.1. The van der Waals surface area contributed by atoms with E-state index in [1.54, 1.807) is 6.07 Å². The summed E-state index contributed by atoms with van der Waals surface area (Å²) in [5.74, 6) is 0. The van der Waals surface area contributed by atoms with Gasteiger partial charge in [-0.3, -0.25) is 0 Å². The molecule has 2 unspecified atom stereocenters. The Kier molecular flexibility index (Phi) is 20.3. The van der Waals surface area contributed by atoms with Crippen LogP contribution in [0.3, 0.4) is 0 Å². The maximum atomic E-state index is 10.9. The Balaban J connectivity index is 0. The fourth-order valence-electron chi connectivity index (χ4n) is 2.45. The van der Waals surface area contributed by atoms with E-state index in [0.717, 1.165) is 9.16 Å². The SMILES string of the molecule is CC.CC.COC(=O)NC(C)c1ccccc1Cl.[CH3][Pb][CH](C)N1CCCC1. The molecular weight excluding hydrogens is 555 g/mol. The van der Waals surface area contributed by atoms with Gasteiger partial charge in [0.25, 0.3) is 0 Å². The van der Waals surface area contributed by atoms with Crippen molar-refractivity contribution in [3.05, 3.63) is 34.9 Å². The summed E-state index contributed by atoms with van der Waals surface area (Å²) in [6.07, 6.45) is 2.44. The molecule has 1 amide bonds. The Morgan fingerprint density at radius 3 is 2.11 bits per heavy atom. The van der Waals surface area contributed by atoms with Crippen molar-refractivity contribution >= 4 is 41.9 Å². The molecule has 0 aromatic heterocycles. The molecule has 1 aromatic rings. The van der Waals surface area contributed by atoms with Crippen LogP contribution in [-0.4, -0.2) is 59.0 Å². The normalized spacial score (nSPS) is 14.9. The van der Waals surface area contributed by atoms with Gasteiger partial charge in [0.1, 0.15) is 0 Å². The number of hydrogen-bond acceptors (Lipinski definition) is 3. The molecule has 2 atom stereocenters. The van der Waals surface area contributed by atoms with Gasteiger partial charge in [-0.15, -0.1) is 0 Å². The van der Waals surface area contributed by atoms with Crippen molar-refractivity contribution < 1.29 is 9.53 Å². The van der Waals surface area contributed by atoms with Crippen LogP contribution in [0.25, 0.3) is 0 Å². The Morgan fingerprint density at radius 1 is 1.15 bits per heavy atom. The number of rotatable bonds is 4. The third-order valence-electron chi connectivity index (χ3n) is 4.00. The summed E-state index contributed by atoms with van der Waals surface area (Å²) in [5, 5.41) is 3.28. The molecule has 1 heterocycles. The molecule has 1 aliphatic rings. The number of carbonyl (C=O) groups excluding carboxylic acids is 1. The van der Waals surface area contributed by atoms with Crippen LogP contribution in [0, 0.1) is 0 Å². The number of nitrogens with one attached hydrogen (secondary N) is 1. The molecule has 1 N–H and O–H groups in total. The Labute approximate surface area is 184 Å². The molecule has 0 spiro atoms. The second-order valence-electron chi connectivity index (χ2n) is 5.59. The second-order valence-corrected chi connectivity index (χ2v) is 11.5. The molecule has 1 saturated heterocycles. The minimum absolute atomic E-state index is 0.156. The zero-order valence-electron chi connectivity index (χ0n) is 18.4. The van der Waals surface area contributed by atoms with Gasteiger partial charge >= 0.3 is 76.2 Å². The van der Waals surface area contributed by atoms with E-state index < -0.39 is 6.09 Å². The van der Waals surface area contributed by atoms with Crippen LogP contribution in [0.5, 0.6) is 0 Å². The summed E-state index contributed by atoms with van der Waals surface area (Å²) in [5.41, 5.74) is 0.875. The van der Waals surface area contributed by atoms with Crippen molar-refractivity contribution in [2.45, 2.75) is 68.5 Å². The van der Waals surface area contributed by atoms with Crippen LogP contribution in [0.15, 0.2) is 24.3 Å². The van der Waals surface area contributed by atoms with E-state index in [-0.39, 0.29) is 30.3 Å². The van der Waals surface area contributed by atoms with Crippen LogP contribution in [-0.2, 0) is 4.74 Å². The molecule has 1 aliphatic heterocycles. The molecule has 1 aromatic carbocycles. The number of alkyl carbamates (subject to hydrolysis) is 1. The van der Waals surface area contributed by atoms with E-state index in [1.165, 1.54) is 33.0 Å². The quantitative estimate of drug-likeness (QED) is 0.436. The third-order valence-corrected chi connectivity index (χ3v) is 9.01.